The van der Waals surface area contributed by atoms with Crippen molar-refractivity contribution in [3.63, 3.8) is 0 Å². The number of hydrogen-bond donors (Lipinski definition) is 2. The van der Waals surface area contributed by atoms with Crippen molar-refractivity contribution in [1.29, 1.82) is 0 Å². The molecule has 0 aliphatic heterocycles. The van der Waals surface area contributed by atoms with E-state index in [4.69, 9.17) is 23.2 Å². The molecular formula is C15H13Cl2NS2. The van der Waals surface area contributed by atoms with E-state index in [1.165, 1.54) is 17.5 Å². The van der Waals surface area contributed by atoms with E-state index in [-0.39, 0.29) is 0 Å². The Morgan fingerprint density at radius 2 is 1.90 bits per heavy atom. The molecule has 0 heterocycles. The lowest BCUT2D eigenvalue weighted by Crippen LogP contribution is -1.87. The Kier molecular flexibility index (Phi) is 5.73. The first-order valence-corrected chi connectivity index (χ1v) is 7.97. The van der Waals surface area contributed by atoms with Crippen LogP contribution in [-0.2, 0) is 0 Å². The summed E-state index contributed by atoms with van der Waals surface area (Å²) in [6.45, 7) is 2.05. The highest BCUT2D eigenvalue weighted by atomic mass is 35.5. The fraction of sp³-hybridized carbons (Fsp3) is 0.0667. The maximum atomic E-state index is 5.96. The molecule has 0 unspecified atom stereocenters. The van der Waals surface area contributed by atoms with E-state index in [1.54, 1.807) is 6.07 Å². The van der Waals surface area contributed by atoms with Gasteiger partial charge in [0.05, 0.1) is 15.7 Å². The van der Waals surface area contributed by atoms with E-state index < -0.39 is 0 Å². The maximum absolute atomic E-state index is 5.96. The van der Waals surface area contributed by atoms with Crippen molar-refractivity contribution < 1.29 is 0 Å². The molecule has 20 heavy (non-hydrogen) atoms. The SMILES string of the molecule is Cc1ccc(S)c(NS/C=C/c2ccc(Cl)c(Cl)c2)c1. The van der Waals surface area contributed by atoms with Gasteiger partial charge in [0, 0.05) is 4.90 Å². The first-order chi connectivity index (χ1) is 9.56. The molecular weight excluding hydrogens is 329 g/mol. The molecule has 0 spiro atoms. The van der Waals surface area contributed by atoms with Crippen molar-refractivity contribution in [3.8, 4) is 0 Å². The summed E-state index contributed by atoms with van der Waals surface area (Å²) in [4.78, 5) is 0.922. The molecule has 0 saturated heterocycles. The Hall–Kier alpha value is -0.740. The van der Waals surface area contributed by atoms with Gasteiger partial charge in [-0.2, -0.15) is 0 Å². The predicted molar refractivity (Wildman–Crippen MR) is 95.1 cm³/mol. The Morgan fingerprint density at radius 3 is 2.65 bits per heavy atom. The molecule has 0 bridgehead atoms. The number of nitrogens with one attached hydrogen (secondary N) is 1. The van der Waals surface area contributed by atoms with Crippen LogP contribution in [0.15, 0.2) is 46.7 Å². The van der Waals surface area contributed by atoms with Crippen molar-refractivity contribution in [2.45, 2.75) is 11.8 Å². The van der Waals surface area contributed by atoms with Crippen LogP contribution < -0.4 is 4.72 Å². The summed E-state index contributed by atoms with van der Waals surface area (Å²) in [7, 11) is 0. The molecule has 0 aliphatic rings. The summed E-state index contributed by atoms with van der Waals surface area (Å²) < 4.78 is 3.24. The fourth-order valence-corrected chi connectivity index (χ4v) is 2.72. The van der Waals surface area contributed by atoms with Crippen molar-refractivity contribution in [3.05, 3.63) is 63.0 Å². The number of benzene rings is 2. The van der Waals surface area contributed by atoms with Gasteiger partial charge < -0.3 is 4.72 Å². The van der Waals surface area contributed by atoms with Crippen molar-refractivity contribution in [1.82, 2.24) is 0 Å². The summed E-state index contributed by atoms with van der Waals surface area (Å²) in [5, 5.41) is 3.08. The van der Waals surface area contributed by atoms with E-state index >= 15 is 0 Å². The van der Waals surface area contributed by atoms with Crippen LogP contribution in [0.5, 0.6) is 0 Å². The van der Waals surface area contributed by atoms with Crippen LogP contribution in [0.4, 0.5) is 5.69 Å². The molecule has 0 aromatic heterocycles. The van der Waals surface area contributed by atoms with Gasteiger partial charge in [0.25, 0.3) is 0 Å². The van der Waals surface area contributed by atoms with Gasteiger partial charge in [-0.15, -0.1) is 12.6 Å². The zero-order valence-corrected chi connectivity index (χ0v) is 14.0. The van der Waals surface area contributed by atoms with Gasteiger partial charge in [-0.3, -0.25) is 0 Å². The van der Waals surface area contributed by atoms with E-state index in [0.29, 0.717) is 10.0 Å². The molecule has 2 rings (SSSR count). The largest absolute Gasteiger partial charge is 0.325 e. The average molecular weight is 342 g/mol. The third-order valence-electron chi connectivity index (χ3n) is 2.59. The van der Waals surface area contributed by atoms with Crippen LogP contribution in [-0.4, -0.2) is 0 Å². The quantitative estimate of drug-likeness (QED) is 0.498. The molecule has 0 atom stereocenters. The minimum absolute atomic E-state index is 0.558. The van der Waals surface area contributed by atoms with Gasteiger partial charge in [0.1, 0.15) is 0 Å². The minimum atomic E-state index is 0.558. The molecule has 0 fully saturated rings. The molecule has 0 saturated carbocycles. The van der Waals surface area contributed by atoms with Crippen LogP contribution in [0.25, 0.3) is 6.08 Å². The van der Waals surface area contributed by atoms with E-state index in [1.807, 2.05) is 35.7 Å². The number of rotatable bonds is 4. The van der Waals surface area contributed by atoms with Crippen molar-refractivity contribution in [2.75, 3.05) is 4.72 Å². The van der Waals surface area contributed by atoms with Gasteiger partial charge in [0.15, 0.2) is 0 Å². The van der Waals surface area contributed by atoms with Gasteiger partial charge in [0.2, 0.25) is 0 Å². The second-order valence-electron chi connectivity index (χ2n) is 4.22. The first kappa shape index (κ1) is 15.6. The van der Waals surface area contributed by atoms with E-state index in [9.17, 15) is 0 Å². The smallest absolute Gasteiger partial charge is 0.0598 e. The lowest BCUT2D eigenvalue weighted by Gasteiger charge is -2.06. The molecule has 0 radical (unpaired) electrons. The fourth-order valence-electron chi connectivity index (χ4n) is 1.56. The van der Waals surface area contributed by atoms with Gasteiger partial charge in [-0.1, -0.05) is 35.3 Å². The second kappa shape index (κ2) is 7.32. The lowest BCUT2D eigenvalue weighted by atomic mass is 10.2. The van der Waals surface area contributed by atoms with Crippen molar-refractivity contribution >= 4 is 59.5 Å². The van der Waals surface area contributed by atoms with Crippen LogP contribution in [0.2, 0.25) is 10.0 Å². The van der Waals surface area contributed by atoms with Crippen LogP contribution >= 0.6 is 47.8 Å². The molecule has 0 aliphatic carbocycles. The highest BCUT2D eigenvalue weighted by molar-refractivity contribution is 8.03. The van der Waals surface area contributed by atoms with E-state index in [2.05, 4.69) is 30.3 Å². The van der Waals surface area contributed by atoms with E-state index in [0.717, 1.165) is 16.1 Å². The van der Waals surface area contributed by atoms with Gasteiger partial charge in [-0.25, -0.2) is 0 Å². The molecule has 0 amide bonds. The van der Waals surface area contributed by atoms with Crippen LogP contribution in [0, 0.1) is 6.92 Å². The monoisotopic (exact) mass is 341 g/mol. The third kappa shape index (κ3) is 4.38. The minimum Gasteiger partial charge on any atom is -0.325 e. The van der Waals surface area contributed by atoms with Crippen LogP contribution in [0.1, 0.15) is 11.1 Å². The molecule has 104 valence electrons. The summed E-state index contributed by atoms with van der Waals surface area (Å²) in [5.41, 5.74) is 3.19. The van der Waals surface area contributed by atoms with Gasteiger partial charge in [-0.05, 0) is 65.7 Å². The number of thiol groups is 1. The summed E-state index contributed by atoms with van der Waals surface area (Å²) in [6, 6.07) is 11.6. The zero-order valence-electron chi connectivity index (χ0n) is 10.7. The summed E-state index contributed by atoms with van der Waals surface area (Å²) in [5.74, 6) is 0. The van der Waals surface area contributed by atoms with Gasteiger partial charge >= 0.3 is 0 Å². The topological polar surface area (TPSA) is 12.0 Å². The molecule has 1 N–H and O–H groups in total. The zero-order chi connectivity index (χ0) is 14.5. The number of hydrogen-bond acceptors (Lipinski definition) is 3. The Balaban J connectivity index is 1.96. The first-order valence-electron chi connectivity index (χ1n) is 5.89. The molecule has 2 aromatic rings. The normalized spacial score (nSPS) is 11.0. The number of aryl methyl sites for hydroxylation is 1. The van der Waals surface area contributed by atoms with Crippen molar-refractivity contribution in [2.24, 2.45) is 0 Å². The Bertz CT molecular complexity index is 642. The average Bonchev–Trinajstić information content (AvgIpc) is 2.42. The standard InChI is InChI=1S/C15H13Cl2NS2/c1-10-2-5-15(19)14(8-10)18-20-7-6-11-3-4-12(16)13(17)9-11/h2-9,18-19H,1H3/b7-6+. The highest BCUT2D eigenvalue weighted by Gasteiger charge is 1.98. The predicted octanol–water partition coefficient (Wildman–Crippen LogP) is 6.32. The maximum Gasteiger partial charge on any atom is 0.0598 e. The Morgan fingerprint density at radius 1 is 1.10 bits per heavy atom. The molecule has 1 nitrogen and oxygen atoms in total. The lowest BCUT2D eigenvalue weighted by molar-refractivity contribution is 1.39. The highest BCUT2D eigenvalue weighted by Crippen LogP contribution is 2.26. The summed E-state index contributed by atoms with van der Waals surface area (Å²) in [6.07, 6.45) is 1.97. The third-order valence-corrected chi connectivity index (χ3v) is 4.33. The second-order valence-corrected chi connectivity index (χ2v) is 6.23. The molecule has 2 aromatic carbocycles. The Labute approximate surface area is 138 Å². The summed E-state index contributed by atoms with van der Waals surface area (Å²) >= 11 is 17.7. The number of halogens is 2. The number of anilines is 1. The van der Waals surface area contributed by atoms with Crippen LogP contribution in [0.3, 0.4) is 0 Å². The molecule has 5 heteroatoms.